The molecule has 0 fully saturated rings. The molecule has 0 saturated carbocycles. The molecule has 0 atom stereocenters. The van der Waals surface area contributed by atoms with E-state index in [1.54, 1.807) is 36.3 Å². The van der Waals surface area contributed by atoms with Crippen LogP contribution in [0.4, 0.5) is 5.13 Å². The van der Waals surface area contributed by atoms with Crippen molar-refractivity contribution in [2.75, 3.05) is 12.4 Å². The number of thioether (sulfide) groups is 1. The van der Waals surface area contributed by atoms with Gasteiger partial charge >= 0.3 is 0 Å². The number of carbonyl (C=O) groups is 1. The maximum absolute atomic E-state index is 12.4. The van der Waals surface area contributed by atoms with Gasteiger partial charge in [0, 0.05) is 23.3 Å². The van der Waals surface area contributed by atoms with Crippen LogP contribution in [0.2, 0.25) is 0 Å². The number of nitrogens with one attached hydrogen (secondary N) is 1. The summed E-state index contributed by atoms with van der Waals surface area (Å²) in [6, 6.07) is 11.5. The number of methoxy groups -OCH3 is 1. The van der Waals surface area contributed by atoms with E-state index in [4.69, 9.17) is 4.74 Å². The number of rotatable bonds is 7. The number of anilines is 1. The van der Waals surface area contributed by atoms with Gasteiger partial charge in [0.05, 0.1) is 6.61 Å². The quantitative estimate of drug-likeness (QED) is 0.491. The van der Waals surface area contributed by atoms with Crippen LogP contribution in [0.1, 0.15) is 20.8 Å². The summed E-state index contributed by atoms with van der Waals surface area (Å²) in [5.41, 5.74) is 1.43. The lowest BCUT2D eigenvalue weighted by Gasteiger charge is -2.07. The normalized spacial score (nSPS) is 10.7. The maximum Gasteiger partial charge on any atom is 0.257 e. The van der Waals surface area contributed by atoms with E-state index in [-0.39, 0.29) is 5.91 Å². The number of hydrogen-bond donors (Lipinski definition) is 1. The molecule has 0 aliphatic heterocycles. The summed E-state index contributed by atoms with van der Waals surface area (Å²) in [6.45, 7) is 0.391. The van der Waals surface area contributed by atoms with Crippen molar-refractivity contribution < 1.29 is 9.53 Å². The fourth-order valence-electron chi connectivity index (χ4n) is 2.03. The number of ether oxygens (including phenoxy) is 1. The minimum Gasteiger partial charge on any atom is -0.380 e. The average Bonchev–Trinajstić information content (AvgIpc) is 3.25. The van der Waals surface area contributed by atoms with E-state index in [0.29, 0.717) is 17.3 Å². The molecular formula is C16H15N3O2S3. The van der Waals surface area contributed by atoms with Crippen molar-refractivity contribution in [1.29, 1.82) is 0 Å². The third-order valence-corrected chi connectivity index (χ3v) is 6.19. The van der Waals surface area contributed by atoms with Gasteiger partial charge in [-0.1, -0.05) is 47.4 Å². The van der Waals surface area contributed by atoms with Crippen molar-refractivity contribution in [1.82, 2.24) is 10.2 Å². The molecule has 1 N–H and O–H groups in total. The molecule has 3 aromatic rings. The summed E-state index contributed by atoms with van der Waals surface area (Å²) >= 11 is 4.71. The Morgan fingerprint density at radius 2 is 2.12 bits per heavy atom. The number of amides is 1. The van der Waals surface area contributed by atoms with Crippen LogP contribution in [-0.2, 0) is 17.1 Å². The molecule has 2 aromatic heterocycles. The van der Waals surface area contributed by atoms with Gasteiger partial charge in [-0.15, -0.1) is 21.5 Å². The lowest BCUT2D eigenvalue weighted by molar-refractivity contribution is 0.102. The monoisotopic (exact) mass is 377 g/mol. The molecule has 1 aromatic carbocycles. The van der Waals surface area contributed by atoms with Gasteiger partial charge in [-0.3, -0.25) is 10.1 Å². The van der Waals surface area contributed by atoms with E-state index < -0.39 is 0 Å². The summed E-state index contributed by atoms with van der Waals surface area (Å²) in [5, 5.41) is 13.5. The van der Waals surface area contributed by atoms with Gasteiger partial charge in [-0.25, -0.2) is 0 Å². The van der Waals surface area contributed by atoms with Crippen LogP contribution in [0.3, 0.4) is 0 Å². The van der Waals surface area contributed by atoms with E-state index >= 15 is 0 Å². The lowest BCUT2D eigenvalue weighted by Crippen LogP contribution is -2.14. The van der Waals surface area contributed by atoms with Crippen molar-refractivity contribution in [3.05, 3.63) is 57.8 Å². The number of nitrogens with zero attached hydrogens (tertiary/aromatic N) is 2. The summed E-state index contributed by atoms with van der Waals surface area (Å²) in [6.07, 6.45) is 0. The Kier molecular flexibility index (Phi) is 5.97. The second kappa shape index (κ2) is 8.39. The standard InChI is InChI=1S/C16H15N3O2S3/c1-21-9-11-5-2-3-7-13(11)14(20)17-15-18-19-16(24-15)23-10-12-6-4-8-22-12/h2-8H,9-10H2,1H3,(H,17,18,20). The summed E-state index contributed by atoms with van der Waals surface area (Å²) in [7, 11) is 1.61. The van der Waals surface area contributed by atoms with Gasteiger partial charge in [-0.05, 0) is 23.1 Å². The number of thiophene rings is 1. The number of aromatic nitrogens is 2. The van der Waals surface area contributed by atoms with E-state index in [2.05, 4.69) is 27.0 Å². The highest BCUT2D eigenvalue weighted by atomic mass is 32.2. The van der Waals surface area contributed by atoms with Gasteiger partial charge in [0.15, 0.2) is 4.34 Å². The lowest BCUT2D eigenvalue weighted by atomic mass is 10.1. The van der Waals surface area contributed by atoms with Gasteiger partial charge < -0.3 is 4.74 Å². The molecule has 0 bridgehead atoms. The molecule has 0 radical (unpaired) electrons. The molecule has 1 amide bonds. The topological polar surface area (TPSA) is 64.1 Å². The van der Waals surface area contributed by atoms with Crippen molar-refractivity contribution >= 4 is 45.5 Å². The highest BCUT2D eigenvalue weighted by molar-refractivity contribution is 8.00. The molecule has 0 aliphatic rings. The van der Waals surface area contributed by atoms with E-state index in [0.717, 1.165) is 15.7 Å². The fraction of sp³-hybridized carbons (Fsp3) is 0.188. The number of benzene rings is 1. The first-order chi connectivity index (χ1) is 11.8. The second-order valence-corrected chi connectivity index (χ2v) is 8.02. The number of hydrogen-bond acceptors (Lipinski definition) is 7. The Balaban J connectivity index is 1.63. The Bertz CT molecular complexity index is 803. The van der Waals surface area contributed by atoms with Crippen LogP contribution in [0.15, 0.2) is 46.1 Å². The average molecular weight is 378 g/mol. The molecule has 3 rings (SSSR count). The summed E-state index contributed by atoms with van der Waals surface area (Å²) < 4.78 is 5.97. The Hall–Kier alpha value is -1.74. The molecule has 0 saturated heterocycles. The zero-order valence-corrected chi connectivity index (χ0v) is 15.3. The van der Waals surface area contributed by atoms with Crippen molar-refractivity contribution in [2.45, 2.75) is 16.7 Å². The van der Waals surface area contributed by atoms with E-state index in [9.17, 15) is 4.79 Å². The molecular weight excluding hydrogens is 362 g/mol. The Morgan fingerprint density at radius 3 is 2.92 bits per heavy atom. The molecule has 124 valence electrons. The molecule has 8 heteroatoms. The van der Waals surface area contributed by atoms with Crippen LogP contribution < -0.4 is 5.32 Å². The Labute approximate surface area is 152 Å². The zero-order chi connectivity index (χ0) is 16.8. The third kappa shape index (κ3) is 4.41. The first-order valence-electron chi connectivity index (χ1n) is 7.13. The van der Waals surface area contributed by atoms with Crippen molar-refractivity contribution in [3.63, 3.8) is 0 Å². The van der Waals surface area contributed by atoms with Crippen LogP contribution in [0.5, 0.6) is 0 Å². The van der Waals surface area contributed by atoms with Gasteiger partial charge in [-0.2, -0.15) is 0 Å². The first-order valence-corrected chi connectivity index (χ1v) is 9.81. The fourth-order valence-corrected chi connectivity index (χ4v) is 4.55. The maximum atomic E-state index is 12.4. The predicted octanol–water partition coefficient (Wildman–Crippen LogP) is 4.29. The summed E-state index contributed by atoms with van der Waals surface area (Å²) in [4.78, 5) is 13.7. The SMILES string of the molecule is COCc1ccccc1C(=O)Nc1nnc(SCc2cccs2)s1. The Morgan fingerprint density at radius 1 is 1.25 bits per heavy atom. The molecule has 0 unspecified atom stereocenters. The number of carbonyl (C=O) groups excluding carboxylic acids is 1. The first kappa shape index (κ1) is 17.1. The molecule has 24 heavy (non-hydrogen) atoms. The zero-order valence-electron chi connectivity index (χ0n) is 12.9. The van der Waals surface area contributed by atoms with Crippen LogP contribution in [0, 0.1) is 0 Å². The van der Waals surface area contributed by atoms with E-state index in [1.165, 1.54) is 16.2 Å². The largest absolute Gasteiger partial charge is 0.380 e. The second-order valence-electron chi connectivity index (χ2n) is 4.79. The summed E-state index contributed by atoms with van der Waals surface area (Å²) in [5.74, 6) is 0.658. The minimum absolute atomic E-state index is 0.200. The van der Waals surface area contributed by atoms with Crippen molar-refractivity contribution in [2.24, 2.45) is 0 Å². The highest BCUT2D eigenvalue weighted by Crippen LogP contribution is 2.29. The molecule has 0 aliphatic carbocycles. The van der Waals surface area contributed by atoms with Crippen LogP contribution >= 0.6 is 34.4 Å². The highest BCUT2D eigenvalue weighted by Gasteiger charge is 2.14. The molecule has 5 nitrogen and oxygen atoms in total. The van der Waals surface area contributed by atoms with Gasteiger partial charge in [0.2, 0.25) is 5.13 Å². The minimum atomic E-state index is -0.200. The smallest absolute Gasteiger partial charge is 0.257 e. The van der Waals surface area contributed by atoms with Crippen LogP contribution in [-0.4, -0.2) is 23.2 Å². The predicted molar refractivity (Wildman–Crippen MR) is 98.9 cm³/mol. The van der Waals surface area contributed by atoms with Crippen LogP contribution in [0.25, 0.3) is 0 Å². The van der Waals surface area contributed by atoms with Gasteiger partial charge in [0.25, 0.3) is 5.91 Å². The van der Waals surface area contributed by atoms with Gasteiger partial charge in [0.1, 0.15) is 0 Å². The third-order valence-electron chi connectivity index (χ3n) is 3.11. The molecule has 2 heterocycles. The molecule has 0 spiro atoms. The van der Waals surface area contributed by atoms with E-state index in [1.807, 2.05) is 24.3 Å². The van der Waals surface area contributed by atoms with Crippen molar-refractivity contribution in [3.8, 4) is 0 Å².